The normalized spacial score (nSPS) is 24.0. The molecule has 1 heterocycles. The van der Waals surface area contributed by atoms with Crippen molar-refractivity contribution in [3.63, 3.8) is 0 Å². The fourth-order valence-electron chi connectivity index (χ4n) is 4.31. The summed E-state index contributed by atoms with van der Waals surface area (Å²) in [6.07, 6.45) is -15.9. The molecule has 3 aliphatic rings. The number of halogens is 7. The van der Waals surface area contributed by atoms with E-state index in [1.165, 1.54) is 0 Å². The number of rotatable bonds is 7. The zero-order valence-corrected chi connectivity index (χ0v) is 22.2. The zero-order chi connectivity index (χ0) is 29.9. The molecule has 1 N–H and O–H groups in total. The number of benzene rings is 1. The highest BCUT2D eigenvalue weighted by Gasteiger charge is 2.70. The molecule has 3 fully saturated rings. The molecule has 220 valence electrons. The van der Waals surface area contributed by atoms with E-state index in [0.29, 0.717) is 17.7 Å². The molecule has 1 aromatic carbocycles. The van der Waals surface area contributed by atoms with Crippen LogP contribution in [0.25, 0.3) is 0 Å². The fourth-order valence-corrected chi connectivity index (χ4v) is 6.52. The first kappa shape index (κ1) is 30.0. The SMILES string of the molecule is CC(Oc1ccc(S(=O)(=O)[C@@H]2C[C@H](OC(=O)NC3(C#N)CC3)N(C(=O)C3(C(F)(F)F)CC3)C2)c(Cl)c1)C(F)(F)F. The van der Waals surface area contributed by atoms with Gasteiger partial charge in [-0.05, 0) is 44.7 Å². The Balaban J connectivity index is 1.58. The highest BCUT2D eigenvalue weighted by atomic mass is 35.5. The van der Waals surface area contributed by atoms with E-state index in [-0.39, 0.29) is 5.75 Å². The van der Waals surface area contributed by atoms with Crippen LogP contribution < -0.4 is 10.1 Å². The van der Waals surface area contributed by atoms with Crippen LogP contribution in [-0.4, -0.2) is 67.3 Å². The number of amides is 2. The minimum absolute atomic E-state index is 0.306. The molecule has 0 bridgehead atoms. The first-order chi connectivity index (χ1) is 18.3. The van der Waals surface area contributed by atoms with Gasteiger partial charge in [0.2, 0.25) is 5.91 Å². The van der Waals surface area contributed by atoms with Crippen molar-refractivity contribution in [2.24, 2.45) is 5.41 Å². The lowest BCUT2D eigenvalue weighted by atomic mass is 10.1. The van der Waals surface area contributed by atoms with Gasteiger partial charge < -0.3 is 19.7 Å². The summed E-state index contributed by atoms with van der Waals surface area (Å²) in [6.45, 7) is -0.0474. The van der Waals surface area contributed by atoms with Crippen molar-refractivity contribution in [2.45, 2.75) is 79.4 Å². The highest BCUT2D eigenvalue weighted by Crippen LogP contribution is 2.59. The summed E-state index contributed by atoms with van der Waals surface area (Å²) < 4.78 is 116. The van der Waals surface area contributed by atoms with E-state index in [1.807, 2.05) is 6.07 Å². The lowest BCUT2D eigenvalue weighted by molar-refractivity contribution is -0.201. The molecule has 17 heteroatoms. The Kier molecular flexibility index (Phi) is 7.41. The summed E-state index contributed by atoms with van der Waals surface area (Å²) in [5.74, 6) is -1.84. The van der Waals surface area contributed by atoms with Crippen molar-refractivity contribution in [2.75, 3.05) is 6.54 Å². The van der Waals surface area contributed by atoms with E-state index in [1.54, 1.807) is 0 Å². The summed E-state index contributed by atoms with van der Waals surface area (Å²) in [5.41, 5.74) is -3.94. The van der Waals surface area contributed by atoms with Crippen LogP contribution in [0.2, 0.25) is 5.02 Å². The van der Waals surface area contributed by atoms with Crippen LogP contribution in [0.4, 0.5) is 31.1 Å². The molecule has 0 spiro atoms. The van der Waals surface area contributed by atoms with Crippen molar-refractivity contribution < 1.29 is 53.8 Å². The third-order valence-corrected chi connectivity index (χ3v) is 9.76. The van der Waals surface area contributed by atoms with Gasteiger partial charge in [0.1, 0.15) is 16.7 Å². The number of hydrogen-bond acceptors (Lipinski definition) is 7. The smallest absolute Gasteiger partial charge is 0.425 e. The van der Waals surface area contributed by atoms with Crippen LogP contribution in [0.5, 0.6) is 5.75 Å². The number of nitriles is 1. The third kappa shape index (κ3) is 5.63. The van der Waals surface area contributed by atoms with Crippen molar-refractivity contribution in [1.82, 2.24) is 10.2 Å². The van der Waals surface area contributed by atoms with E-state index in [9.17, 15) is 44.3 Å². The average molecular weight is 618 g/mol. The maximum absolute atomic E-state index is 13.7. The summed E-state index contributed by atoms with van der Waals surface area (Å²) >= 11 is 6.05. The molecule has 1 aliphatic heterocycles. The molecule has 0 radical (unpaired) electrons. The lowest BCUT2D eigenvalue weighted by Gasteiger charge is -2.29. The molecule has 4 rings (SSSR count). The van der Waals surface area contributed by atoms with E-state index in [2.05, 4.69) is 5.32 Å². The van der Waals surface area contributed by atoms with Crippen LogP contribution >= 0.6 is 11.6 Å². The number of hydrogen-bond donors (Lipinski definition) is 1. The van der Waals surface area contributed by atoms with Crippen molar-refractivity contribution >= 4 is 33.4 Å². The molecule has 0 aromatic heterocycles. The predicted octanol–water partition coefficient (Wildman–Crippen LogP) is 4.50. The molecule has 3 atom stereocenters. The Labute approximate surface area is 229 Å². The Hall–Kier alpha value is -2.93. The fraction of sp³-hybridized carbons (Fsp3) is 0.609. The van der Waals surface area contributed by atoms with E-state index in [0.717, 1.165) is 25.1 Å². The Morgan fingerprint density at radius 3 is 2.27 bits per heavy atom. The number of likely N-dealkylation sites (tertiary alicyclic amines) is 1. The van der Waals surface area contributed by atoms with Crippen molar-refractivity contribution in [1.29, 1.82) is 5.26 Å². The number of nitrogens with one attached hydrogen (secondary N) is 1. The molecule has 2 saturated carbocycles. The van der Waals surface area contributed by atoms with Crippen LogP contribution in [0.1, 0.15) is 39.0 Å². The number of nitrogens with zero attached hydrogens (tertiary/aromatic N) is 2. The van der Waals surface area contributed by atoms with Gasteiger partial charge in [0, 0.05) is 19.0 Å². The molecule has 9 nitrogen and oxygen atoms in total. The van der Waals surface area contributed by atoms with Crippen LogP contribution in [0, 0.1) is 16.7 Å². The lowest BCUT2D eigenvalue weighted by Crippen LogP contribution is -2.49. The maximum Gasteiger partial charge on any atom is 0.425 e. The van der Waals surface area contributed by atoms with E-state index in [4.69, 9.17) is 26.3 Å². The van der Waals surface area contributed by atoms with Gasteiger partial charge in [-0.1, -0.05) is 11.6 Å². The number of ether oxygens (including phenoxy) is 2. The first-order valence-corrected chi connectivity index (χ1v) is 13.8. The summed E-state index contributed by atoms with van der Waals surface area (Å²) in [7, 11) is -4.52. The van der Waals surface area contributed by atoms with Crippen molar-refractivity contribution in [3.8, 4) is 11.8 Å². The minimum Gasteiger partial charge on any atom is -0.481 e. The number of alkyl carbamates (subject to hydrolysis) is 1. The summed E-state index contributed by atoms with van der Waals surface area (Å²) in [6, 6.07) is 4.51. The summed E-state index contributed by atoms with van der Waals surface area (Å²) in [4.78, 5) is 25.4. The predicted molar refractivity (Wildman–Crippen MR) is 124 cm³/mol. The second-order valence-corrected chi connectivity index (χ2v) is 12.6. The van der Waals surface area contributed by atoms with Gasteiger partial charge in [-0.15, -0.1) is 0 Å². The molecular weight excluding hydrogens is 596 g/mol. The van der Waals surface area contributed by atoms with E-state index < -0.39 is 98.5 Å². The topological polar surface area (TPSA) is 126 Å². The standard InChI is InChI=1S/C23H22ClF6N3O6S/c1-12(22(25,26)27)38-13-2-3-16(15(24)8-13)40(36,37)14-9-17(39-19(35)32-20(11-31)4-5-20)33(10-14)18(34)21(6-7-21)23(28,29)30/h2-3,8,12,14,17H,4-7,9-10H2,1H3,(H,32,35)/t12?,14-,17+/m1/s1. The minimum atomic E-state index is -4.93. The maximum atomic E-state index is 13.7. The molecule has 1 saturated heterocycles. The van der Waals surface area contributed by atoms with Gasteiger partial charge >= 0.3 is 18.4 Å². The van der Waals surface area contributed by atoms with Crippen LogP contribution in [0.3, 0.4) is 0 Å². The number of carbonyl (C=O) groups is 2. The average Bonchev–Trinajstić information content (AvgIpc) is 3.75. The molecule has 2 amide bonds. The Morgan fingerprint density at radius 2 is 1.80 bits per heavy atom. The van der Waals surface area contributed by atoms with E-state index >= 15 is 0 Å². The molecular formula is C23H22ClF6N3O6S. The van der Waals surface area contributed by atoms with Gasteiger partial charge in [-0.2, -0.15) is 31.6 Å². The third-order valence-electron chi connectivity index (χ3n) is 7.15. The quantitative estimate of drug-likeness (QED) is 0.447. The second-order valence-electron chi connectivity index (χ2n) is 10.0. The number of sulfone groups is 1. The monoisotopic (exact) mass is 617 g/mol. The van der Waals surface area contributed by atoms with Gasteiger partial charge in [0.05, 0.1) is 21.2 Å². The van der Waals surface area contributed by atoms with Gasteiger partial charge in [0.25, 0.3) is 0 Å². The molecule has 1 aromatic rings. The zero-order valence-electron chi connectivity index (χ0n) is 20.6. The Morgan fingerprint density at radius 1 is 1.18 bits per heavy atom. The van der Waals surface area contributed by atoms with Gasteiger partial charge in [-0.25, -0.2) is 13.2 Å². The molecule has 40 heavy (non-hydrogen) atoms. The number of carbonyl (C=O) groups excluding carboxylic acids is 2. The summed E-state index contributed by atoms with van der Waals surface area (Å²) in [5, 5.41) is 9.32. The second kappa shape index (κ2) is 9.86. The van der Waals surface area contributed by atoms with Crippen molar-refractivity contribution in [3.05, 3.63) is 23.2 Å². The molecule has 1 unspecified atom stereocenters. The first-order valence-electron chi connectivity index (χ1n) is 11.9. The van der Waals surface area contributed by atoms with Gasteiger partial charge in [-0.3, -0.25) is 4.79 Å². The van der Waals surface area contributed by atoms with Crippen LogP contribution in [-0.2, 0) is 19.4 Å². The van der Waals surface area contributed by atoms with Crippen LogP contribution in [0.15, 0.2) is 23.1 Å². The highest BCUT2D eigenvalue weighted by molar-refractivity contribution is 7.92. The number of alkyl halides is 6. The molecule has 2 aliphatic carbocycles. The Bertz CT molecular complexity index is 1350. The largest absolute Gasteiger partial charge is 0.481 e. The van der Waals surface area contributed by atoms with Gasteiger partial charge in [0.15, 0.2) is 22.2 Å².